The molecule has 92 valence electrons. The van der Waals surface area contributed by atoms with Crippen molar-refractivity contribution in [3.05, 3.63) is 12.0 Å². The summed E-state index contributed by atoms with van der Waals surface area (Å²) in [4.78, 5) is 15.3. The minimum Gasteiger partial charge on any atom is -0.461 e. The molecule has 5 heteroatoms. The third kappa shape index (κ3) is 3.83. The van der Waals surface area contributed by atoms with Crippen LogP contribution in [0.4, 0.5) is 6.01 Å². The second-order valence-corrected chi connectivity index (χ2v) is 3.41. The Morgan fingerprint density at radius 2 is 2.47 bits per heavy atom. The first-order chi connectivity index (χ1) is 8.21. The van der Waals surface area contributed by atoms with E-state index in [9.17, 15) is 4.79 Å². The molecule has 0 aliphatic heterocycles. The maximum atomic E-state index is 11.3. The topological polar surface area (TPSA) is 64.4 Å². The van der Waals surface area contributed by atoms with Gasteiger partial charge in [-0.3, -0.25) is 0 Å². The standard InChI is InChI=1S/C12H16N2O3/c1-4-7-9(5-2)13-12-14-10(8-17-12)11(15)16-6-3/h2,8-9H,4,6-7H2,1,3H3,(H,13,14). The first kappa shape index (κ1) is 13.1. The molecule has 0 radical (unpaired) electrons. The van der Waals surface area contributed by atoms with Gasteiger partial charge in [-0.25, -0.2) is 4.79 Å². The van der Waals surface area contributed by atoms with E-state index in [1.165, 1.54) is 6.26 Å². The maximum absolute atomic E-state index is 11.3. The van der Waals surface area contributed by atoms with Gasteiger partial charge in [0.15, 0.2) is 5.69 Å². The van der Waals surface area contributed by atoms with Crippen LogP contribution in [0, 0.1) is 12.3 Å². The highest BCUT2D eigenvalue weighted by atomic mass is 16.5. The number of aromatic nitrogens is 1. The molecule has 0 aliphatic carbocycles. The second kappa shape index (κ2) is 6.59. The van der Waals surface area contributed by atoms with Gasteiger partial charge in [-0.15, -0.1) is 6.42 Å². The van der Waals surface area contributed by atoms with Crippen LogP contribution in [0.1, 0.15) is 37.2 Å². The molecule has 1 aromatic heterocycles. The molecule has 1 rings (SSSR count). The molecule has 0 spiro atoms. The van der Waals surface area contributed by atoms with Crippen LogP contribution in [0.2, 0.25) is 0 Å². The van der Waals surface area contributed by atoms with Gasteiger partial charge in [0.05, 0.1) is 12.6 Å². The monoisotopic (exact) mass is 236 g/mol. The zero-order chi connectivity index (χ0) is 12.7. The summed E-state index contributed by atoms with van der Waals surface area (Å²) < 4.78 is 9.88. The number of esters is 1. The number of oxazole rings is 1. The molecule has 1 unspecified atom stereocenters. The summed E-state index contributed by atoms with van der Waals surface area (Å²) in [5, 5.41) is 2.93. The molecule has 0 bridgehead atoms. The Morgan fingerprint density at radius 1 is 1.71 bits per heavy atom. The van der Waals surface area contributed by atoms with Crippen molar-refractivity contribution < 1.29 is 13.9 Å². The first-order valence-corrected chi connectivity index (χ1v) is 5.56. The molecule has 17 heavy (non-hydrogen) atoms. The van der Waals surface area contributed by atoms with E-state index in [-0.39, 0.29) is 17.8 Å². The Balaban J connectivity index is 2.62. The molecule has 0 fully saturated rings. The summed E-state index contributed by atoms with van der Waals surface area (Å²) in [6.45, 7) is 4.07. The number of rotatable bonds is 6. The molecule has 1 heterocycles. The number of carbonyl (C=O) groups excluding carboxylic acids is 1. The molecule has 0 saturated carbocycles. The van der Waals surface area contributed by atoms with Crippen LogP contribution in [0.3, 0.4) is 0 Å². The molecule has 0 saturated heterocycles. The lowest BCUT2D eigenvalue weighted by atomic mass is 10.2. The fourth-order valence-corrected chi connectivity index (χ4v) is 1.27. The highest BCUT2D eigenvalue weighted by Crippen LogP contribution is 2.11. The van der Waals surface area contributed by atoms with Gasteiger partial charge in [-0.2, -0.15) is 4.98 Å². The number of hydrogen-bond acceptors (Lipinski definition) is 5. The summed E-state index contributed by atoms with van der Waals surface area (Å²) in [6.07, 6.45) is 8.36. The summed E-state index contributed by atoms with van der Waals surface area (Å²) >= 11 is 0. The second-order valence-electron chi connectivity index (χ2n) is 3.41. The lowest BCUT2D eigenvalue weighted by molar-refractivity contribution is 0.0519. The van der Waals surface area contributed by atoms with Gasteiger partial charge >= 0.3 is 5.97 Å². The van der Waals surface area contributed by atoms with Crippen LogP contribution in [0.25, 0.3) is 0 Å². The Morgan fingerprint density at radius 3 is 3.06 bits per heavy atom. The number of nitrogens with zero attached hydrogens (tertiary/aromatic N) is 1. The molecule has 0 amide bonds. The van der Waals surface area contributed by atoms with Gasteiger partial charge in [0.1, 0.15) is 6.26 Å². The maximum Gasteiger partial charge on any atom is 0.360 e. The van der Waals surface area contributed by atoms with Crippen molar-refractivity contribution in [2.75, 3.05) is 11.9 Å². The normalized spacial score (nSPS) is 11.6. The van der Waals surface area contributed by atoms with E-state index in [4.69, 9.17) is 15.6 Å². The summed E-state index contributed by atoms with van der Waals surface area (Å²) in [5.41, 5.74) is 0.140. The van der Waals surface area contributed by atoms with Gasteiger partial charge in [0.25, 0.3) is 6.01 Å². The van der Waals surface area contributed by atoms with Crippen LogP contribution >= 0.6 is 0 Å². The molecule has 5 nitrogen and oxygen atoms in total. The Hall–Kier alpha value is -1.96. The summed E-state index contributed by atoms with van der Waals surface area (Å²) in [5.74, 6) is 2.09. The number of hydrogen-bond donors (Lipinski definition) is 1. The third-order valence-electron chi connectivity index (χ3n) is 2.06. The van der Waals surface area contributed by atoms with Gasteiger partial charge < -0.3 is 14.5 Å². The smallest absolute Gasteiger partial charge is 0.360 e. The predicted octanol–water partition coefficient (Wildman–Crippen LogP) is 2.07. The molecule has 0 aromatic carbocycles. The summed E-state index contributed by atoms with van der Waals surface area (Å²) in [6, 6.07) is 0.0955. The molecule has 1 aromatic rings. The lowest BCUT2D eigenvalue weighted by Gasteiger charge is -2.08. The van der Waals surface area contributed by atoms with Crippen molar-refractivity contribution in [1.29, 1.82) is 0 Å². The van der Waals surface area contributed by atoms with Crippen LogP contribution in [0.15, 0.2) is 10.7 Å². The Bertz CT molecular complexity index is 406. The van der Waals surface area contributed by atoms with Crippen molar-refractivity contribution in [3.63, 3.8) is 0 Å². The van der Waals surface area contributed by atoms with Crippen molar-refractivity contribution in [3.8, 4) is 12.3 Å². The molecular weight excluding hydrogens is 220 g/mol. The predicted molar refractivity (Wildman–Crippen MR) is 63.6 cm³/mol. The van der Waals surface area contributed by atoms with Crippen LogP contribution in [-0.2, 0) is 4.74 Å². The van der Waals surface area contributed by atoms with E-state index in [1.54, 1.807) is 6.92 Å². The van der Waals surface area contributed by atoms with Crippen molar-refractivity contribution >= 4 is 12.0 Å². The fraction of sp³-hybridized carbons (Fsp3) is 0.500. The number of anilines is 1. The van der Waals surface area contributed by atoms with E-state index in [2.05, 4.69) is 16.2 Å². The minimum absolute atomic E-state index is 0.140. The van der Waals surface area contributed by atoms with Crippen molar-refractivity contribution in [1.82, 2.24) is 4.98 Å². The van der Waals surface area contributed by atoms with Crippen LogP contribution in [-0.4, -0.2) is 23.6 Å². The molecule has 0 aliphatic rings. The average molecular weight is 236 g/mol. The van der Waals surface area contributed by atoms with Gasteiger partial charge in [0, 0.05) is 0 Å². The first-order valence-electron chi connectivity index (χ1n) is 5.56. The zero-order valence-electron chi connectivity index (χ0n) is 10.0. The van der Waals surface area contributed by atoms with E-state index in [0.29, 0.717) is 6.61 Å². The quantitative estimate of drug-likeness (QED) is 0.605. The van der Waals surface area contributed by atoms with Gasteiger partial charge in [0.2, 0.25) is 0 Å². The molecular formula is C12H16N2O3. The van der Waals surface area contributed by atoms with E-state index in [0.717, 1.165) is 12.8 Å². The van der Waals surface area contributed by atoms with E-state index >= 15 is 0 Å². The zero-order valence-corrected chi connectivity index (χ0v) is 10.0. The van der Waals surface area contributed by atoms with Crippen molar-refractivity contribution in [2.45, 2.75) is 32.7 Å². The van der Waals surface area contributed by atoms with Gasteiger partial charge in [-0.05, 0) is 13.3 Å². The highest BCUT2D eigenvalue weighted by Gasteiger charge is 2.14. The number of carbonyl (C=O) groups is 1. The number of nitrogens with one attached hydrogen (secondary N) is 1. The fourth-order valence-electron chi connectivity index (χ4n) is 1.27. The SMILES string of the molecule is C#CC(CCC)Nc1nc(C(=O)OCC)co1. The van der Waals surface area contributed by atoms with E-state index < -0.39 is 5.97 Å². The molecule has 1 atom stereocenters. The Labute approximate surface area is 101 Å². The minimum atomic E-state index is -0.503. The van der Waals surface area contributed by atoms with Gasteiger partial charge in [-0.1, -0.05) is 19.3 Å². The molecule has 1 N–H and O–H groups in total. The van der Waals surface area contributed by atoms with E-state index in [1.807, 2.05) is 6.92 Å². The number of ether oxygens (including phenoxy) is 1. The Kier molecular flexibility index (Phi) is 5.08. The highest BCUT2D eigenvalue weighted by molar-refractivity contribution is 5.87. The largest absolute Gasteiger partial charge is 0.461 e. The average Bonchev–Trinajstić information content (AvgIpc) is 2.77. The van der Waals surface area contributed by atoms with Crippen LogP contribution in [0.5, 0.6) is 0 Å². The van der Waals surface area contributed by atoms with Crippen LogP contribution < -0.4 is 5.32 Å². The van der Waals surface area contributed by atoms with Crippen molar-refractivity contribution in [2.24, 2.45) is 0 Å². The third-order valence-corrected chi connectivity index (χ3v) is 2.06. The number of terminal acetylenes is 1. The lowest BCUT2D eigenvalue weighted by Crippen LogP contribution is -2.17. The summed E-state index contributed by atoms with van der Waals surface area (Å²) in [7, 11) is 0.